The molecular weight excluding hydrogens is 545 g/mol. The summed E-state index contributed by atoms with van der Waals surface area (Å²) >= 11 is 6.46. The fraction of sp³-hybridized carbons (Fsp3) is 0.517. The lowest BCUT2D eigenvalue weighted by Crippen LogP contribution is -2.29. The van der Waals surface area contributed by atoms with Gasteiger partial charge in [0.25, 0.3) is 5.92 Å². The SMILES string of the molecule is CC(C)c1c2cc(-c3cc(NC(=O)[C@H]4CCC[C@@H](CC(=O)OCC5CC5(F)F)C4)ncc3Cl)cc(F)c2nn1C. The molecule has 3 atom stereocenters. The summed E-state index contributed by atoms with van der Waals surface area (Å²) in [7, 11) is 1.79. The fourth-order valence-corrected chi connectivity index (χ4v) is 5.94. The Morgan fingerprint density at radius 1 is 1.25 bits per heavy atom. The number of halogens is 4. The van der Waals surface area contributed by atoms with Crippen LogP contribution < -0.4 is 5.32 Å². The van der Waals surface area contributed by atoms with Gasteiger partial charge in [0, 0.05) is 48.6 Å². The number of esters is 1. The first-order valence-electron chi connectivity index (χ1n) is 13.6. The summed E-state index contributed by atoms with van der Waals surface area (Å²) in [6, 6.07) is 4.85. The maximum absolute atomic E-state index is 15.1. The van der Waals surface area contributed by atoms with Crippen LogP contribution in [-0.2, 0) is 21.4 Å². The molecular formula is C29H32ClF3N4O3. The van der Waals surface area contributed by atoms with Gasteiger partial charge in [0.1, 0.15) is 17.9 Å². The summed E-state index contributed by atoms with van der Waals surface area (Å²) in [6.45, 7) is 3.77. The minimum atomic E-state index is -2.72. The molecule has 2 aromatic heterocycles. The van der Waals surface area contributed by atoms with E-state index in [1.165, 1.54) is 12.3 Å². The maximum atomic E-state index is 15.1. The lowest BCUT2D eigenvalue weighted by atomic mass is 9.79. The average molecular weight is 577 g/mol. The topological polar surface area (TPSA) is 86.1 Å². The molecule has 40 heavy (non-hydrogen) atoms. The number of ether oxygens (including phenoxy) is 1. The largest absolute Gasteiger partial charge is 0.465 e. The Hall–Kier alpha value is -3.14. The molecule has 0 radical (unpaired) electrons. The van der Waals surface area contributed by atoms with Gasteiger partial charge in [-0.05, 0) is 54.9 Å². The van der Waals surface area contributed by atoms with Gasteiger partial charge in [-0.25, -0.2) is 18.2 Å². The van der Waals surface area contributed by atoms with Gasteiger partial charge in [0.05, 0.1) is 10.9 Å². The van der Waals surface area contributed by atoms with Crippen molar-refractivity contribution in [2.45, 2.75) is 64.2 Å². The van der Waals surface area contributed by atoms with Crippen LogP contribution in [-0.4, -0.2) is 39.2 Å². The molecule has 5 rings (SSSR count). The number of fused-ring (bicyclic) bond motifs is 1. The smallest absolute Gasteiger partial charge is 0.306 e. The number of aromatic nitrogens is 3. The van der Waals surface area contributed by atoms with Crippen molar-refractivity contribution >= 4 is 40.2 Å². The van der Waals surface area contributed by atoms with Gasteiger partial charge in [0.2, 0.25) is 5.91 Å². The first-order valence-corrected chi connectivity index (χ1v) is 14.0. The lowest BCUT2D eigenvalue weighted by molar-refractivity contribution is -0.146. The van der Waals surface area contributed by atoms with Crippen molar-refractivity contribution < 1.29 is 27.5 Å². The third kappa shape index (κ3) is 5.96. The third-order valence-corrected chi connectivity index (χ3v) is 8.21. The number of benzene rings is 1. The number of nitrogens with one attached hydrogen (secondary N) is 1. The first-order chi connectivity index (χ1) is 18.9. The highest BCUT2D eigenvalue weighted by Crippen LogP contribution is 2.48. The lowest BCUT2D eigenvalue weighted by Gasteiger charge is -2.27. The summed E-state index contributed by atoms with van der Waals surface area (Å²) < 4.78 is 47.8. The van der Waals surface area contributed by atoms with Crippen molar-refractivity contribution in [2.24, 2.45) is 24.8 Å². The highest BCUT2D eigenvalue weighted by molar-refractivity contribution is 6.33. The van der Waals surface area contributed by atoms with Crippen molar-refractivity contribution in [3.8, 4) is 11.1 Å². The predicted octanol–water partition coefficient (Wildman–Crippen LogP) is 6.88. The number of hydrogen-bond acceptors (Lipinski definition) is 5. The molecule has 2 fully saturated rings. The number of hydrogen-bond donors (Lipinski definition) is 1. The van der Waals surface area contributed by atoms with Crippen molar-refractivity contribution in [3.05, 3.63) is 40.9 Å². The van der Waals surface area contributed by atoms with Crippen LogP contribution in [0, 0.1) is 23.6 Å². The molecule has 0 aliphatic heterocycles. The molecule has 0 saturated heterocycles. The van der Waals surface area contributed by atoms with E-state index in [1.54, 1.807) is 17.8 Å². The number of aryl methyl sites for hydroxylation is 1. The highest BCUT2D eigenvalue weighted by Gasteiger charge is 2.57. The van der Waals surface area contributed by atoms with Crippen LogP contribution in [0.1, 0.15) is 64.0 Å². The van der Waals surface area contributed by atoms with Crippen molar-refractivity contribution in [1.29, 1.82) is 0 Å². The molecule has 2 aliphatic carbocycles. The van der Waals surface area contributed by atoms with E-state index in [9.17, 15) is 18.4 Å². The highest BCUT2D eigenvalue weighted by atomic mass is 35.5. The van der Waals surface area contributed by atoms with Crippen LogP contribution in [0.5, 0.6) is 0 Å². The zero-order valence-electron chi connectivity index (χ0n) is 22.6. The Bertz CT molecular complexity index is 1460. The van der Waals surface area contributed by atoms with E-state index >= 15 is 4.39 Å². The fourth-order valence-electron chi connectivity index (χ4n) is 5.72. The van der Waals surface area contributed by atoms with Crippen molar-refractivity contribution in [2.75, 3.05) is 11.9 Å². The van der Waals surface area contributed by atoms with E-state index in [2.05, 4.69) is 15.4 Å². The van der Waals surface area contributed by atoms with Crippen LogP contribution in [0.2, 0.25) is 5.02 Å². The number of amides is 1. The molecule has 2 aliphatic rings. The first kappa shape index (κ1) is 28.4. The number of nitrogens with zero attached hydrogens (tertiary/aromatic N) is 3. The molecule has 3 aromatic rings. The molecule has 0 bridgehead atoms. The zero-order chi connectivity index (χ0) is 28.8. The number of anilines is 1. The molecule has 1 amide bonds. The minimum Gasteiger partial charge on any atom is -0.465 e. The Morgan fingerprint density at radius 2 is 2.00 bits per heavy atom. The number of carbonyl (C=O) groups is 2. The second-order valence-electron chi connectivity index (χ2n) is 11.3. The predicted molar refractivity (Wildman–Crippen MR) is 146 cm³/mol. The van der Waals surface area contributed by atoms with E-state index in [0.717, 1.165) is 18.5 Å². The second kappa shape index (κ2) is 11.0. The summed E-state index contributed by atoms with van der Waals surface area (Å²) in [5.74, 6) is -4.79. The normalized spacial score (nSPS) is 21.9. The van der Waals surface area contributed by atoms with Crippen LogP contribution in [0.25, 0.3) is 22.0 Å². The number of alkyl halides is 2. The summed E-state index contributed by atoms with van der Waals surface area (Å²) in [5.41, 5.74) is 2.25. The molecule has 11 heteroatoms. The minimum absolute atomic E-state index is 0.0604. The molecule has 214 valence electrons. The average Bonchev–Trinajstić information content (AvgIpc) is 3.35. The molecule has 2 saturated carbocycles. The second-order valence-corrected chi connectivity index (χ2v) is 11.7. The Labute approximate surface area is 235 Å². The van der Waals surface area contributed by atoms with E-state index < -0.39 is 23.6 Å². The third-order valence-electron chi connectivity index (χ3n) is 7.91. The molecule has 7 nitrogen and oxygen atoms in total. The van der Waals surface area contributed by atoms with Gasteiger partial charge < -0.3 is 10.1 Å². The molecule has 1 N–H and O–H groups in total. The Morgan fingerprint density at radius 3 is 2.70 bits per heavy atom. The van der Waals surface area contributed by atoms with Gasteiger partial charge in [-0.3, -0.25) is 14.3 Å². The van der Waals surface area contributed by atoms with Crippen LogP contribution >= 0.6 is 11.6 Å². The molecule has 1 aromatic carbocycles. The van der Waals surface area contributed by atoms with Gasteiger partial charge >= 0.3 is 5.97 Å². The van der Waals surface area contributed by atoms with E-state index in [1.807, 2.05) is 19.9 Å². The van der Waals surface area contributed by atoms with Crippen molar-refractivity contribution in [3.63, 3.8) is 0 Å². The van der Waals surface area contributed by atoms with Crippen LogP contribution in [0.15, 0.2) is 24.4 Å². The Kier molecular flexibility index (Phi) is 7.83. The summed E-state index contributed by atoms with van der Waals surface area (Å²) in [4.78, 5) is 29.5. The van der Waals surface area contributed by atoms with Gasteiger partial charge in [0.15, 0.2) is 5.82 Å². The van der Waals surface area contributed by atoms with Crippen LogP contribution in [0.4, 0.5) is 19.0 Å². The molecule has 1 unspecified atom stereocenters. The summed E-state index contributed by atoms with van der Waals surface area (Å²) in [5, 5.41) is 8.19. The number of pyridine rings is 1. The quantitative estimate of drug-likeness (QED) is 0.295. The molecule has 2 heterocycles. The standard InChI is InChI=1S/C29H32ClF3N4O3/c1-15(2)27-21-9-18(10-23(31)26(21)36-37(27)3)20-11-24(34-13-22(20)30)35-28(39)17-6-4-5-16(7-17)8-25(38)40-14-19-12-29(19,32)33/h9-11,13,15-17,19H,4-8,12,14H2,1-3H3,(H,34,35,39)/t16-,17+,19?/m1/s1. The van der Waals surface area contributed by atoms with E-state index in [-0.39, 0.29) is 54.4 Å². The van der Waals surface area contributed by atoms with Gasteiger partial charge in [-0.1, -0.05) is 31.9 Å². The maximum Gasteiger partial charge on any atom is 0.306 e. The Balaban J connectivity index is 1.26. The number of rotatable bonds is 8. The van der Waals surface area contributed by atoms with E-state index in [4.69, 9.17) is 16.3 Å². The van der Waals surface area contributed by atoms with Crippen LogP contribution in [0.3, 0.4) is 0 Å². The van der Waals surface area contributed by atoms with E-state index in [0.29, 0.717) is 34.4 Å². The monoisotopic (exact) mass is 576 g/mol. The van der Waals surface area contributed by atoms with Crippen molar-refractivity contribution in [1.82, 2.24) is 14.8 Å². The molecule has 0 spiro atoms. The zero-order valence-corrected chi connectivity index (χ0v) is 23.4. The van der Waals surface area contributed by atoms with Gasteiger partial charge in [-0.2, -0.15) is 5.10 Å². The number of carbonyl (C=O) groups excluding carboxylic acids is 2. The van der Waals surface area contributed by atoms with Gasteiger partial charge in [-0.15, -0.1) is 0 Å². The summed E-state index contributed by atoms with van der Waals surface area (Å²) in [6.07, 6.45) is 3.96.